The Labute approximate surface area is 152 Å². The highest BCUT2D eigenvalue weighted by atomic mass is 16.3. The second-order valence-electron chi connectivity index (χ2n) is 7.62. The molecule has 2 aromatic rings. The van der Waals surface area contributed by atoms with E-state index in [0.29, 0.717) is 36.2 Å². The first-order chi connectivity index (χ1) is 12.6. The van der Waals surface area contributed by atoms with E-state index in [1.807, 2.05) is 23.1 Å². The third-order valence-electron chi connectivity index (χ3n) is 5.89. The number of para-hydroxylation sites is 1. The second kappa shape index (κ2) is 6.83. The van der Waals surface area contributed by atoms with E-state index in [4.69, 9.17) is 0 Å². The fraction of sp³-hybridized carbons (Fsp3) is 0.550. The third-order valence-corrected chi connectivity index (χ3v) is 5.89. The molecule has 1 aromatic carbocycles. The number of likely N-dealkylation sites (tertiary alicyclic amines) is 1. The lowest BCUT2D eigenvalue weighted by Gasteiger charge is -2.34. The molecule has 1 aliphatic heterocycles. The molecule has 1 aromatic heterocycles. The zero-order chi connectivity index (χ0) is 18.1. The molecule has 2 fully saturated rings. The quantitative estimate of drug-likeness (QED) is 0.889. The lowest BCUT2D eigenvalue weighted by molar-refractivity contribution is -0.133. The van der Waals surface area contributed by atoms with E-state index in [1.165, 1.54) is 0 Å². The summed E-state index contributed by atoms with van der Waals surface area (Å²) in [6.07, 6.45) is 6.26. The Morgan fingerprint density at radius 1 is 1.23 bits per heavy atom. The highest BCUT2D eigenvalue weighted by Crippen LogP contribution is 2.46. The number of nitrogens with zero attached hydrogens (tertiary/aromatic N) is 3. The predicted octanol–water partition coefficient (Wildman–Crippen LogP) is 1.94. The molecule has 0 unspecified atom stereocenters. The number of hydrogen-bond donors (Lipinski definition) is 1. The van der Waals surface area contributed by atoms with Crippen molar-refractivity contribution in [2.75, 3.05) is 13.1 Å². The number of amides is 1. The molecule has 1 N–H and O–H groups in total. The first kappa shape index (κ1) is 17.2. The first-order valence-corrected chi connectivity index (χ1v) is 9.51. The van der Waals surface area contributed by atoms with Gasteiger partial charge in [-0.1, -0.05) is 12.1 Å². The van der Waals surface area contributed by atoms with Crippen molar-refractivity contribution in [2.24, 2.45) is 5.92 Å². The summed E-state index contributed by atoms with van der Waals surface area (Å²) >= 11 is 0. The number of rotatable bonds is 5. The van der Waals surface area contributed by atoms with Crippen molar-refractivity contribution in [3.63, 3.8) is 0 Å². The van der Waals surface area contributed by atoms with E-state index in [-0.39, 0.29) is 11.5 Å². The Morgan fingerprint density at radius 2 is 1.96 bits per heavy atom. The molecular formula is C20H25N3O3. The van der Waals surface area contributed by atoms with Crippen LogP contribution in [0.4, 0.5) is 0 Å². The fourth-order valence-electron chi connectivity index (χ4n) is 4.03. The zero-order valence-corrected chi connectivity index (χ0v) is 14.9. The van der Waals surface area contributed by atoms with Crippen LogP contribution >= 0.6 is 0 Å². The van der Waals surface area contributed by atoms with Crippen molar-refractivity contribution in [3.05, 3.63) is 40.9 Å². The molecular weight excluding hydrogens is 330 g/mol. The van der Waals surface area contributed by atoms with Gasteiger partial charge in [-0.25, -0.2) is 4.98 Å². The number of carbonyl (C=O) groups is 1. The van der Waals surface area contributed by atoms with Crippen LogP contribution < -0.4 is 5.56 Å². The van der Waals surface area contributed by atoms with E-state index < -0.39 is 5.60 Å². The molecule has 4 rings (SSSR count). The minimum Gasteiger partial charge on any atom is -0.390 e. The largest absolute Gasteiger partial charge is 0.390 e. The average molecular weight is 355 g/mol. The number of aryl methyl sites for hydroxylation is 1. The van der Waals surface area contributed by atoms with Crippen molar-refractivity contribution in [1.29, 1.82) is 0 Å². The zero-order valence-electron chi connectivity index (χ0n) is 14.9. The number of aromatic nitrogens is 2. The van der Waals surface area contributed by atoms with Gasteiger partial charge in [0, 0.05) is 26.1 Å². The average Bonchev–Trinajstić information content (AvgIpc) is 3.42. The van der Waals surface area contributed by atoms with Crippen molar-refractivity contribution in [2.45, 2.75) is 50.7 Å². The molecule has 0 bridgehead atoms. The number of hydrogen-bond acceptors (Lipinski definition) is 4. The van der Waals surface area contributed by atoms with Crippen LogP contribution in [0, 0.1) is 5.92 Å². The Hall–Kier alpha value is -2.21. The normalized spacial score (nSPS) is 19.7. The molecule has 0 radical (unpaired) electrons. The van der Waals surface area contributed by atoms with Gasteiger partial charge in [0.1, 0.15) is 0 Å². The molecule has 2 heterocycles. The topological polar surface area (TPSA) is 75.4 Å². The van der Waals surface area contributed by atoms with Crippen LogP contribution in [0.2, 0.25) is 0 Å². The smallest absolute Gasteiger partial charge is 0.261 e. The van der Waals surface area contributed by atoms with E-state index in [9.17, 15) is 14.7 Å². The molecule has 0 atom stereocenters. The summed E-state index contributed by atoms with van der Waals surface area (Å²) in [5, 5.41) is 10.8. The highest BCUT2D eigenvalue weighted by molar-refractivity contribution is 5.77. The van der Waals surface area contributed by atoms with Crippen molar-refractivity contribution < 1.29 is 9.90 Å². The number of carbonyl (C=O) groups excluding carboxylic acids is 1. The van der Waals surface area contributed by atoms with Crippen LogP contribution in [0.3, 0.4) is 0 Å². The summed E-state index contributed by atoms with van der Waals surface area (Å²) in [6, 6.07) is 7.31. The maximum absolute atomic E-state index is 12.4. The Kier molecular flexibility index (Phi) is 4.53. The minimum atomic E-state index is -0.431. The van der Waals surface area contributed by atoms with Gasteiger partial charge in [-0.2, -0.15) is 0 Å². The molecule has 26 heavy (non-hydrogen) atoms. The molecule has 138 valence electrons. The van der Waals surface area contributed by atoms with E-state index in [0.717, 1.165) is 38.8 Å². The summed E-state index contributed by atoms with van der Waals surface area (Å²) in [5.74, 6) is 0.502. The maximum atomic E-state index is 12.4. The number of piperidine rings is 1. The van der Waals surface area contributed by atoms with Gasteiger partial charge in [0.05, 0.1) is 22.8 Å². The molecule has 6 heteroatoms. The SMILES string of the molecule is O=C(CCCn1cnc2ccccc2c1=O)N1CCC(C2(O)CC2)CC1. The Morgan fingerprint density at radius 3 is 2.69 bits per heavy atom. The second-order valence-corrected chi connectivity index (χ2v) is 7.62. The number of aliphatic hydroxyl groups is 1. The van der Waals surface area contributed by atoms with Crippen LogP contribution in [0.25, 0.3) is 10.9 Å². The van der Waals surface area contributed by atoms with Crippen molar-refractivity contribution in [1.82, 2.24) is 14.5 Å². The lowest BCUT2D eigenvalue weighted by atomic mass is 9.89. The van der Waals surface area contributed by atoms with Crippen LogP contribution in [0.5, 0.6) is 0 Å². The summed E-state index contributed by atoms with van der Waals surface area (Å²) in [5.41, 5.74) is 0.214. The first-order valence-electron chi connectivity index (χ1n) is 9.51. The van der Waals surface area contributed by atoms with Gasteiger partial charge in [-0.05, 0) is 50.2 Å². The van der Waals surface area contributed by atoms with Crippen LogP contribution in [-0.4, -0.2) is 44.2 Å². The van der Waals surface area contributed by atoms with Gasteiger partial charge in [0.15, 0.2) is 0 Å². The van der Waals surface area contributed by atoms with Crippen LogP contribution in [0.15, 0.2) is 35.4 Å². The van der Waals surface area contributed by atoms with Crippen LogP contribution in [-0.2, 0) is 11.3 Å². The van der Waals surface area contributed by atoms with Gasteiger partial charge in [0.25, 0.3) is 5.56 Å². The Bertz CT molecular complexity index is 864. The van der Waals surface area contributed by atoms with E-state index in [2.05, 4.69) is 4.98 Å². The Balaban J connectivity index is 1.29. The molecule has 0 spiro atoms. The minimum absolute atomic E-state index is 0.0541. The fourth-order valence-corrected chi connectivity index (χ4v) is 4.03. The van der Waals surface area contributed by atoms with Gasteiger partial charge in [-0.15, -0.1) is 0 Å². The van der Waals surface area contributed by atoms with E-state index >= 15 is 0 Å². The van der Waals surface area contributed by atoms with Crippen LogP contribution in [0.1, 0.15) is 38.5 Å². The summed E-state index contributed by atoms with van der Waals surface area (Å²) in [6.45, 7) is 1.98. The van der Waals surface area contributed by atoms with E-state index in [1.54, 1.807) is 17.0 Å². The van der Waals surface area contributed by atoms with Gasteiger partial charge in [0.2, 0.25) is 5.91 Å². The predicted molar refractivity (Wildman–Crippen MR) is 98.7 cm³/mol. The van der Waals surface area contributed by atoms with Gasteiger partial charge >= 0.3 is 0 Å². The molecule has 2 aliphatic rings. The standard InChI is InChI=1S/C20H25N3O3/c24-18(22-12-7-15(8-13-22)20(26)9-10-20)6-3-11-23-14-21-17-5-2-1-4-16(17)19(23)25/h1-2,4-5,14-15,26H,3,6-13H2. The molecule has 6 nitrogen and oxygen atoms in total. The van der Waals surface area contributed by atoms with Crippen molar-refractivity contribution >= 4 is 16.8 Å². The highest BCUT2D eigenvalue weighted by Gasteiger charge is 2.48. The van der Waals surface area contributed by atoms with Crippen molar-refractivity contribution in [3.8, 4) is 0 Å². The molecule has 1 amide bonds. The van der Waals surface area contributed by atoms with Gasteiger partial charge < -0.3 is 10.0 Å². The molecule has 1 saturated carbocycles. The number of benzene rings is 1. The van der Waals surface area contributed by atoms with Gasteiger partial charge in [-0.3, -0.25) is 14.2 Å². The molecule has 1 saturated heterocycles. The maximum Gasteiger partial charge on any atom is 0.261 e. The summed E-state index contributed by atoms with van der Waals surface area (Å²) in [4.78, 5) is 31.1. The third kappa shape index (κ3) is 3.38. The number of fused-ring (bicyclic) bond motifs is 1. The molecule has 1 aliphatic carbocycles. The summed E-state index contributed by atoms with van der Waals surface area (Å²) in [7, 11) is 0. The monoisotopic (exact) mass is 355 g/mol. The lowest BCUT2D eigenvalue weighted by Crippen LogP contribution is -2.41. The summed E-state index contributed by atoms with van der Waals surface area (Å²) < 4.78 is 1.59.